The van der Waals surface area contributed by atoms with Crippen LogP contribution in [-0.4, -0.2) is 45.5 Å². The number of nitrogens with zero attached hydrogens (tertiary/aromatic N) is 1. The first-order chi connectivity index (χ1) is 13.1. The highest BCUT2D eigenvalue weighted by molar-refractivity contribution is 14.0. The molecule has 29 heavy (non-hydrogen) atoms. The molecule has 0 atom stereocenters. The largest absolute Gasteiger partial charge is 0.416 e. The summed E-state index contributed by atoms with van der Waals surface area (Å²) in [6.45, 7) is 4.68. The van der Waals surface area contributed by atoms with E-state index in [1.54, 1.807) is 13.0 Å². The number of halogens is 4. The van der Waals surface area contributed by atoms with Gasteiger partial charge in [-0.2, -0.15) is 13.2 Å². The van der Waals surface area contributed by atoms with Gasteiger partial charge < -0.3 is 10.6 Å². The normalized spacial score (nSPS) is 16.5. The quantitative estimate of drug-likeness (QED) is 0.296. The highest BCUT2D eigenvalue weighted by Gasteiger charge is 2.40. The second-order valence-corrected chi connectivity index (χ2v) is 9.54. The van der Waals surface area contributed by atoms with Crippen molar-refractivity contribution in [1.29, 1.82) is 0 Å². The zero-order chi connectivity index (χ0) is 20.8. The van der Waals surface area contributed by atoms with Gasteiger partial charge in [0.15, 0.2) is 15.8 Å². The molecule has 0 unspecified atom stereocenters. The van der Waals surface area contributed by atoms with Crippen molar-refractivity contribution in [1.82, 2.24) is 10.6 Å². The Hall–Kier alpha value is -1.04. The molecule has 1 aromatic carbocycles. The van der Waals surface area contributed by atoms with Gasteiger partial charge in [-0.15, -0.1) is 24.0 Å². The van der Waals surface area contributed by atoms with Crippen LogP contribution in [0, 0.1) is 0 Å². The van der Waals surface area contributed by atoms with E-state index in [0.29, 0.717) is 24.6 Å². The van der Waals surface area contributed by atoms with Gasteiger partial charge in [-0.05, 0) is 31.4 Å². The molecular weight excluding hydrogens is 518 g/mol. The summed E-state index contributed by atoms with van der Waals surface area (Å²) >= 11 is 0. The first-order valence-corrected chi connectivity index (χ1v) is 11.3. The SMILES string of the molecule is CCNC(=NCC1(c2cccc(C(F)(F)F)c2)CCC1)NCCS(=O)(=O)CC.I. The van der Waals surface area contributed by atoms with E-state index in [1.807, 2.05) is 6.92 Å². The summed E-state index contributed by atoms with van der Waals surface area (Å²) in [5, 5.41) is 6.06. The van der Waals surface area contributed by atoms with Crippen LogP contribution in [0.3, 0.4) is 0 Å². The molecule has 0 radical (unpaired) electrons. The Kier molecular flexibility index (Phi) is 9.71. The predicted molar refractivity (Wildman–Crippen MR) is 121 cm³/mol. The zero-order valence-electron chi connectivity index (χ0n) is 16.7. The van der Waals surface area contributed by atoms with Crippen LogP contribution in [0.4, 0.5) is 13.2 Å². The third kappa shape index (κ3) is 7.30. The van der Waals surface area contributed by atoms with Gasteiger partial charge in [0.05, 0.1) is 17.9 Å². The van der Waals surface area contributed by atoms with Gasteiger partial charge in [-0.3, -0.25) is 4.99 Å². The summed E-state index contributed by atoms with van der Waals surface area (Å²) in [4.78, 5) is 4.54. The molecule has 0 aliphatic heterocycles. The van der Waals surface area contributed by atoms with Crippen LogP contribution in [0.5, 0.6) is 0 Å². The summed E-state index contributed by atoms with van der Waals surface area (Å²) in [6.07, 6.45) is -1.86. The van der Waals surface area contributed by atoms with Crippen molar-refractivity contribution in [2.75, 3.05) is 31.1 Å². The van der Waals surface area contributed by atoms with Crippen molar-refractivity contribution >= 4 is 39.8 Å². The van der Waals surface area contributed by atoms with Gasteiger partial charge in [0, 0.05) is 24.3 Å². The third-order valence-electron chi connectivity index (χ3n) is 5.14. The lowest BCUT2D eigenvalue weighted by molar-refractivity contribution is -0.137. The minimum atomic E-state index is -4.37. The van der Waals surface area contributed by atoms with Gasteiger partial charge in [0.2, 0.25) is 0 Å². The minimum absolute atomic E-state index is 0. The maximum absolute atomic E-state index is 13.1. The maximum atomic E-state index is 13.1. The van der Waals surface area contributed by atoms with Gasteiger partial charge in [0.1, 0.15) is 0 Å². The lowest BCUT2D eigenvalue weighted by atomic mass is 9.64. The molecule has 166 valence electrons. The number of hydrogen-bond acceptors (Lipinski definition) is 3. The van der Waals surface area contributed by atoms with Gasteiger partial charge in [0.25, 0.3) is 0 Å². The highest BCUT2D eigenvalue weighted by atomic mass is 127. The number of hydrogen-bond donors (Lipinski definition) is 2. The third-order valence-corrected chi connectivity index (χ3v) is 6.85. The molecule has 1 saturated carbocycles. The maximum Gasteiger partial charge on any atom is 0.416 e. The molecule has 5 nitrogen and oxygen atoms in total. The molecule has 1 aromatic rings. The Bertz CT molecular complexity index is 794. The van der Waals surface area contributed by atoms with E-state index in [9.17, 15) is 21.6 Å². The molecule has 10 heteroatoms. The Morgan fingerprint density at radius 3 is 2.41 bits per heavy atom. The lowest BCUT2D eigenvalue weighted by Gasteiger charge is -2.41. The molecule has 0 heterocycles. The molecule has 0 bridgehead atoms. The monoisotopic (exact) mass is 547 g/mol. The Labute approximate surface area is 187 Å². The summed E-state index contributed by atoms with van der Waals surface area (Å²) in [6, 6.07) is 5.49. The fraction of sp³-hybridized carbons (Fsp3) is 0.632. The van der Waals surface area contributed by atoms with Crippen molar-refractivity contribution in [2.45, 2.75) is 44.7 Å². The fourth-order valence-electron chi connectivity index (χ4n) is 3.21. The van der Waals surface area contributed by atoms with E-state index in [4.69, 9.17) is 0 Å². The van der Waals surface area contributed by atoms with Crippen LogP contribution in [0.25, 0.3) is 0 Å². The molecule has 1 fully saturated rings. The molecular formula is C19H29F3IN3O2S. The van der Waals surface area contributed by atoms with E-state index >= 15 is 0 Å². The fourth-order valence-corrected chi connectivity index (χ4v) is 3.91. The molecule has 0 spiro atoms. The van der Waals surface area contributed by atoms with Gasteiger partial charge in [-0.25, -0.2) is 8.42 Å². The smallest absolute Gasteiger partial charge is 0.357 e. The van der Waals surface area contributed by atoms with Crippen LogP contribution >= 0.6 is 24.0 Å². The van der Waals surface area contributed by atoms with E-state index in [0.717, 1.165) is 25.3 Å². The van der Waals surface area contributed by atoms with Gasteiger partial charge >= 0.3 is 6.18 Å². The molecule has 2 rings (SSSR count). The van der Waals surface area contributed by atoms with Crippen LogP contribution in [0.15, 0.2) is 29.3 Å². The Morgan fingerprint density at radius 1 is 1.21 bits per heavy atom. The number of guanidine groups is 1. The predicted octanol–water partition coefficient (Wildman–Crippen LogP) is 3.73. The zero-order valence-corrected chi connectivity index (χ0v) is 19.8. The summed E-state index contributed by atoms with van der Waals surface area (Å²) in [5.74, 6) is 0.570. The van der Waals surface area contributed by atoms with Crippen molar-refractivity contribution in [3.8, 4) is 0 Å². The molecule has 0 amide bonds. The number of aliphatic imine (C=N–C) groups is 1. The van der Waals surface area contributed by atoms with Crippen molar-refractivity contribution in [2.24, 2.45) is 4.99 Å². The second kappa shape index (κ2) is 10.8. The Balaban J connectivity index is 0.00000420. The Morgan fingerprint density at radius 2 is 1.90 bits per heavy atom. The summed E-state index contributed by atoms with van der Waals surface area (Å²) < 4.78 is 62.4. The topological polar surface area (TPSA) is 70.6 Å². The van der Waals surface area contributed by atoms with Crippen LogP contribution in [-0.2, 0) is 21.4 Å². The molecule has 1 aliphatic rings. The summed E-state index contributed by atoms with van der Waals surface area (Å²) in [5.41, 5.74) is -0.393. The summed E-state index contributed by atoms with van der Waals surface area (Å²) in [7, 11) is -3.08. The average molecular weight is 547 g/mol. The van der Waals surface area contributed by atoms with Crippen molar-refractivity contribution < 1.29 is 21.6 Å². The molecule has 1 aliphatic carbocycles. The highest BCUT2D eigenvalue weighted by Crippen LogP contribution is 2.45. The molecule has 0 aromatic heterocycles. The number of benzene rings is 1. The number of alkyl halides is 3. The van der Waals surface area contributed by atoms with Gasteiger partial charge in [-0.1, -0.05) is 31.5 Å². The van der Waals surface area contributed by atoms with Crippen LogP contribution in [0.2, 0.25) is 0 Å². The number of sulfone groups is 1. The average Bonchev–Trinajstić information content (AvgIpc) is 2.60. The lowest BCUT2D eigenvalue weighted by Crippen LogP contribution is -2.43. The van der Waals surface area contributed by atoms with E-state index in [2.05, 4.69) is 15.6 Å². The standard InChI is InChI=1S/C19H28F3N3O2S.HI/c1-3-23-17(24-11-12-28(26,27)4-2)25-14-18(9-6-10-18)15-7-5-8-16(13-15)19(20,21)22;/h5,7-8,13H,3-4,6,9-12,14H2,1-2H3,(H2,23,24,25);1H. The first-order valence-electron chi connectivity index (χ1n) is 9.52. The van der Waals surface area contributed by atoms with Crippen LogP contribution < -0.4 is 10.6 Å². The number of nitrogens with one attached hydrogen (secondary N) is 2. The van der Waals surface area contributed by atoms with E-state index in [1.165, 1.54) is 12.1 Å². The minimum Gasteiger partial charge on any atom is -0.357 e. The van der Waals surface area contributed by atoms with E-state index in [-0.39, 0.29) is 42.0 Å². The van der Waals surface area contributed by atoms with E-state index < -0.39 is 27.0 Å². The number of rotatable bonds is 8. The molecule has 0 saturated heterocycles. The van der Waals surface area contributed by atoms with Crippen molar-refractivity contribution in [3.05, 3.63) is 35.4 Å². The van der Waals surface area contributed by atoms with Crippen LogP contribution in [0.1, 0.15) is 44.2 Å². The second-order valence-electron chi connectivity index (χ2n) is 7.07. The first kappa shape index (κ1) is 26.0. The van der Waals surface area contributed by atoms with Crippen molar-refractivity contribution in [3.63, 3.8) is 0 Å². The molecule has 2 N–H and O–H groups in total.